The molecule has 4 nitrogen and oxygen atoms in total. The number of likely N-dealkylation sites (N-methyl/N-ethyl adjacent to an activating group) is 1. The van der Waals surface area contributed by atoms with Gasteiger partial charge in [-0.15, -0.1) is 0 Å². The van der Waals surface area contributed by atoms with Crippen LogP contribution in [0.25, 0.3) is 0 Å². The summed E-state index contributed by atoms with van der Waals surface area (Å²) in [5.74, 6) is 0.730. The zero-order chi connectivity index (χ0) is 14.6. The van der Waals surface area contributed by atoms with Crippen LogP contribution in [0.15, 0.2) is 18.5 Å². The van der Waals surface area contributed by atoms with Gasteiger partial charge in [-0.1, -0.05) is 19.3 Å². The monoisotopic (exact) mass is 278 g/mol. The molecule has 1 aromatic heterocycles. The van der Waals surface area contributed by atoms with E-state index in [9.17, 15) is 5.11 Å². The normalized spacial score (nSPS) is 19.9. The van der Waals surface area contributed by atoms with E-state index in [4.69, 9.17) is 4.74 Å². The molecule has 1 N–H and O–H groups in total. The molecule has 2 rings (SSSR count). The van der Waals surface area contributed by atoms with E-state index in [0.29, 0.717) is 6.61 Å². The second-order valence-corrected chi connectivity index (χ2v) is 5.85. The van der Waals surface area contributed by atoms with Gasteiger partial charge in [0.2, 0.25) is 0 Å². The molecule has 112 valence electrons. The zero-order valence-electron chi connectivity index (χ0n) is 12.8. The van der Waals surface area contributed by atoms with Crippen LogP contribution in [0.2, 0.25) is 0 Å². The molecule has 1 unspecified atom stereocenters. The molecule has 0 saturated heterocycles. The number of hydrogen-bond donors (Lipinski definition) is 1. The molecule has 1 atom stereocenters. The van der Waals surface area contributed by atoms with Crippen LogP contribution >= 0.6 is 0 Å². The molecule has 1 saturated carbocycles. The minimum Gasteiger partial charge on any atom is -0.492 e. The first kappa shape index (κ1) is 15.3. The van der Waals surface area contributed by atoms with Gasteiger partial charge >= 0.3 is 0 Å². The lowest BCUT2D eigenvalue weighted by Crippen LogP contribution is -2.50. The lowest BCUT2D eigenvalue weighted by Gasteiger charge is -2.46. The van der Waals surface area contributed by atoms with E-state index in [2.05, 4.69) is 24.0 Å². The van der Waals surface area contributed by atoms with Crippen LogP contribution < -0.4 is 4.74 Å². The lowest BCUT2D eigenvalue weighted by atomic mass is 9.75. The van der Waals surface area contributed by atoms with Gasteiger partial charge in [0.05, 0.1) is 24.4 Å². The Morgan fingerprint density at radius 3 is 2.60 bits per heavy atom. The molecule has 0 aromatic carbocycles. The minimum atomic E-state index is -0.522. The van der Waals surface area contributed by atoms with Crippen LogP contribution in [0.1, 0.15) is 50.7 Å². The predicted octanol–water partition coefficient (Wildman–Crippen LogP) is 2.78. The summed E-state index contributed by atoms with van der Waals surface area (Å²) < 4.78 is 5.49. The first-order valence-electron chi connectivity index (χ1n) is 7.53. The number of pyridine rings is 1. The van der Waals surface area contributed by atoms with Gasteiger partial charge in [-0.3, -0.25) is 4.98 Å². The molecular weight excluding hydrogens is 252 g/mol. The first-order valence-corrected chi connectivity index (χ1v) is 7.53. The molecular formula is C16H26N2O2. The van der Waals surface area contributed by atoms with Crippen LogP contribution in [0.5, 0.6) is 5.75 Å². The molecule has 0 aliphatic heterocycles. The highest BCUT2D eigenvalue weighted by molar-refractivity contribution is 5.27. The third kappa shape index (κ3) is 2.96. The molecule has 1 aliphatic carbocycles. The summed E-state index contributed by atoms with van der Waals surface area (Å²) in [6.07, 6.45) is 8.60. The Morgan fingerprint density at radius 2 is 2.00 bits per heavy atom. The summed E-state index contributed by atoms with van der Waals surface area (Å²) in [6.45, 7) is 2.56. The van der Waals surface area contributed by atoms with Gasteiger partial charge in [-0.25, -0.2) is 0 Å². The average Bonchev–Trinajstić information content (AvgIpc) is 2.47. The Hall–Kier alpha value is -1.13. The molecule has 0 spiro atoms. The van der Waals surface area contributed by atoms with E-state index in [1.165, 1.54) is 19.3 Å². The van der Waals surface area contributed by atoms with Crippen molar-refractivity contribution < 1.29 is 9.84 Å². The number of ether oxygens (including phenoxy) is 1. The van der Waals surface area contributed by atoms with Crippen LogP contribution in [-0.4, -0.2) is 41.2 Å². The van der Waals surface area contributed by atoms with Crippen LogP contribution in [0.4, 0.5) is 0 Å². The van der Waals surface area contributed by atoms with E-state index < -0.39 is 6.10 Å². The molecule has 4 heteroatoms. The second kappa shape index (κ2) is 6.55. The van der Waals surface area contributed by atoms with E-state index in [1.807, 2.05) is 13.0 Å². The Balaban J connectivity index is 2.27. The smallest absolute Gasteiger partial charge is 0.137 e. The summed E-state index contributed by atoms with van der Waals surface area (Å²) in [4.78, 5) is 6.39. The number of aromatic nitrogens is 1. The lowest BCUT2D eigenvalue weighted by molar-refractivity contribution is -0.0338. The fourth-order valence-electron chi connectivity index (χ4n) is 3.27. The molecule has 1 heterocycles. The van der Waals surface area contributed by atoms with Crippen molar-refractivity contribution in [3.05, 3.63) is 24.0 Å². The number of nitrogens with zero attached hydrogens (tertiary/aromatic N) is 2. The molecule has 1 aliphatic rings. The molecule has 1 aromatic rings. The maximum absolute atomic E-state index is 10.9. The third-order valence-corrected chi connectivity index (χ3v) is 4.48. The van der Waals surface area contributed by atoms with Gasteiger partial charge < -0.3 is 14.7 Å². The van der Waals surface area contributed by atoms with Crippen molar-refractivity contribution in [3.8, 4) is 5.75 Å². The van der Waals surface area contributed by atoms with Crippen molar-refractivity contribution in [1.29, 1.82) is 0 Å². The SMILES string of the molecule is CCOc1cncc(C(O)C2(N(C)C)CCCCC2)c1. The summed E-state index contributed by atoms with van der Waals surface area (Å²) in [7, 11) is 4.13. The van der Waals surface area contributed by atoms with Crippen molar-refractivity contribution in [3.63, 3.8) is 0 Å². The van der Waals surface area contributed by atoms with Crippen molar-refractivity contribution in [2.24, 2.45) is 0 Å². The Morgan fingerprint density at radius 1 is 1.30 bits per heavy atom. The van der Waals surface area contributed by atoms with E-state index in [0.717, 1.165) is 24.2 Å². The number of aliphatic hydroxyl groups excluding tert-OH is 1. The molecule has 0 amide bonds. The van der Waals surface area contributed by atoms with Crippen LogP contribution in [0, 0.1) is 0 Å². The summed E-state index contributed by atoms with van der Waals surface area (Å²) in [5.41, 5.74) is 0.677. The van der Waals surface area contributed by atoms with Crippen LogP contribution in [0.3, 0.4) is 0 Å². The Kier molecular flexibility index (Phi) is 5.00. The van der Waals surface area contributed by atoms with Gasteiger partial charge in [0, 0.05) is 11.8 Å². The molecule has 1 fully saturated rings. The molecule has 0 radical (unpaired) electrons. The Labute approximate surface area is 121 Å². The van der Waals surface area contributed by atoms with Gasteiger partial charge in [-0.05, 0) is 39.9 Å². The number of rotatable bonds is 5. The number of aliphatic hydroxyl groups is 1. The third-order valence-electron chi connectivity index (χ3n) is 4.48. The van der Waals surface area contributed by atoms with Crippen LogP contribution in [-0.2, 0) is 0 Å². The maximum Gasteiger partial charge on any atom is 0.137 e. The quantitative estimate of drug-likeness (QED) is 0.899. The Bertz CT molecular complexity index is 428. The predicted molar refractivity (Wildman–Crippen MR) is 79.9 cm³/mol. The van der Waals surface area contributed by atoms with Crippen molar-refractivity contribution in [1.82, 2.24) is 9.88 Å². The van der Waals surface area contributed by atoms with E-state index in [-0.39, 0.29) is 5.54 Å². The van der Waals surface area contributed by atoms with Gasteiger partial charge in [0.25, 0.3) is 0 Å². The van der Waals surface area contributed by atoms with Crippen molar-refractivity contribution >= 4 is 0 Å². The summed E-state index contributed by atoms with van der Waals surface area (Å²) >= 11 is 0. The largest absolute Gasteiger partial charge is 0.492 e. The van der Waals surface area contributed by atoms with E-state index in [1.54, 1.807) is 12.4 Å². The number of hydrogen-bond acceptors (Lipinski definition) is 4. The highest BCUT2D eigenvalue weighted by atomic mass is 16.5. The van der Waals surface area contributed by atoms with Gasteiger partial charge in [0.15, 0.2) is 0 Å². The maximum atomic E-state index is 10.9. The van der Waals surface area contributed by atoms with Gasteiger partial charge in [-0.2, -0.15) is 0 Å². The standard InChI is InChI=1S/C16H26N2O2/c1-4-20-14-10-13(11-17-12-14)15(19)16(18(2)3)8-6-5-7-9-16/h10-12,15,19H,4-9H2,1-3H3. The van der Waals surface area contributed by atoms with E-state index >= 15 is 0 Å². The zero-order valence-corrected chi connectivity index (χ0v) is 12.8. The van der Waals surface area contributed by atoms with Gasteiger partial charge in [0.1, 0.15) is 5.75 Å². The highest BCUT2D eigenvalue weighted by Gasteiger charge is 2.41. The highest BCUT2D eigenvalue weighted by Crippen LogP contribution is 2.42. The summed E-state index contributed by atoms with van der Waals surface area (Å²) in [6, 6.07) is 1.92. The fraction of sp³-hybridized carbons (Fsp3) is 0.688. The average molecular weight is 278 g/mol. The second-order valence-electron chi connectivity index (χ2n) is 5.85. The topological polar surface area (TPSA) is 45.6 Å². The molecule has 0 bridgehead atoms. The minimum absolute atomic E-state index is 0.176. The summed E-state index contributed by atoms with van der Waals surface area (Å²) in [5, 5.41) is 10.9. The fourth-order valence-corrected chi connectivity index (χ4v) is 3.27. The molecule has 20 heavy (non-hydrogen) atoms. The van der Waals surface area contributed by atoms with Crippen molar-refractivity contribution in [2.75, 3.05) is 20.7 Å². The first-order chi connectivity index (χ1) is 9.60. The van der Waals surface area contributed by atoms with Crippen molar-refractivity contribution in [2.45, 2.75) is 50.7 Å².